The van der Waals surface area contributed by atoms with Crippen molar-refractivity contribution in [2.45, 2.75) is 44.6 Å². The van der Waals surface area contributed by atoms with Crippen LogP contribution in [0.15, 0.2) is 6.07 Å². The van der Waals surface area contributed by atoms with E-state index in [0.29, 0.717) is 17.6 Å². The summed E-state index contributed by atoms with van der Waals surface area (Å²) in [5.41, 5.74) is 14.1. The topological polar surface area (TPSA) is 64.9 Å². The maximum atomic E-state index is 6.07. The molecular weight excluding hydrogens is 222 g/mol. The lowest BCUT2D eigenvalue weighted by molar-refractivity contribution is 0.437. The van der Waals surface area contributed by atoms with E-state index in [1.165, 1.54) is 32.1 Å². The molecule has 2 rings (SSSR count). The molecule has 0 amide bonds. The Morgan fingerprint density at radius 1 is 1.31 bits per heavy atom. The Morgan fingerprint density at radius 3 is 2.62 bits per heavy atom. The number of anilines is 1. The van der Waals surface area contributed by atoms with E-state index in [-0.39, 0.29) is 0 Å². The number of aromatic nitrogens is 1. The van der Waals surface area contributed by atoms with Crippen LogP contribution in [-0.2, 0) is 6.54 Å². The number of nitrogen functional groups attached to an aromatic ring is 1. The predicted octanol–water partition coefficient (Wildman–Crippen LogP) is 2.82. The summed E-state index contributed by atoms with van der Waals surface area (Å²) in [4.78, 5) is 4.43. The lowest BCUT2D eigenvalue weighted by atomic mass is 9.86. The molecule has 1 fully saturated rings. The van der Waals surface area contributed by atoms with Crippen molar-refractivity contribution in [3.8, 4) is 0 Å². The molecule has 0 radical (unpaired) electrons. The smallest absolute Gasteiger partial charge is 0.133 e. The molecule has 1 aromatic heterocycles. The van der Waals surface area contributed by atoms with Crippen LogP contribution in [0, 0.1) is 0 Å². The fourth-order valence-electron chi connectivity index (χ4n) is 2.41. The summed E-state index contributed by atoms with van der Waals surface area (Å²) in [5, 5.41) is 0.511. The number of halogens is 1. The van der Waals surface area contributed by atoms with Crippen LogP contribution in [0.5, 0.6) is 0 Å². The van der Waals surface area contributed by atoms with Gasteiger partial charge in [-0.25, -0.2) is 4.98 Å². The van der Waals surface area contributed by atoms with Gasteiger partial charge in [-0.3, -0.25) is 0 Å². The Kier molecular flexibility index (Phi) is 3.66. The highest BCUT2D eigenvalue weighted by Gasteiger charge is 2.20. The molecule has 16 heavy (non-hydrogen) atoms. The second-order valence-corrected chi connectivity index (χ2v) is 4.81. The summed E-state index contributed by atoms with van der Waals surface area (Å²) in [5.74, 6) is 0.484. The third kappa shape index (κ3) is 2.30. The molecule has 0 aliphatic heterocycles. The zero-order chi connectivity index (χ0) is 11.5. The average molecular weight is 240 g/mol. The van der Waals surface area contributed by atoms with E-state index in [2.05, 4.69) is 4.98 Å². The number of nitrogens with zero attached hydrogens (tertiary/aromatic N) is 1. The fourth-order valence-corrected chi connectivity index (χ4v) is 2.63. The van der Waals surface area contributed by atoms with Gasteiger partial charge in [0.1, 0.15) is 5.15 Å². The number of nitrogens with two attached hydrogens (primary N) is 2. The lowest BCUT2D eigenvalue weighted by Gasteiger charge is -2.22. The molecule has 1 heterocycles. The molecule has 1 aliphatic rings. The van der Waals surface area contributed by atoms with Crippen molar-refractivity contribution in [1.29, 1.82) is 0 Å². The normalized spacial score (nSPS) is 17.6. The molecule has 0 spiro atoms. The highest BCUT2D eigenvalue weighted by atomic mass is 35.5. The number of rotatable bonds is 2. The predicted molar refractivity (Wildman–Crippen MR) is 67.4 cm³/mol. The van der Waals surface area contributed by atoms with E-state index >= 15 is 0 Å². The first kappa shape index (κ1) is 11.7. The largest absolute Gasteiger partial charge is 0.397 e. The summed E-state index contributed by atoms with van der Waals surface area (Å²) >= 11 is 6.07. The number of pyridine rings is 1. The van der Waals surface area contributed by atoms with Gasteiger partial charge >= 0.3 is 0 Å². The SMILES string of the molecule is NCc1cc(N)c(C2CCCCC2)nc1Cl. The molecule has 0 unspecified atom stereocenters. The zero-order valence-electron chi connectivity index (χ0n) is 9.38. The van der Waals surface area contributed by atoms with E-state index in [9.17, 15) is 0 Å². The Hall–Kier alpha value is -0.800. The third-order valence-electron chi connectivity index (χ3n) is 3.32. The van der Waals surface area contributed by atoms with E-state index in [0.717, 1.165) is 16.9 Å². The number of hydrogen-bond donors (Lipinski definition) is 2. The zero-order valence-corrected chi connectivity index (χ0v) is 10.1. The molecule has 0 saturated heterocycles. The van der Waals surface area contributed by atoms with Crippen LogP contribution in [0.4, 0.5) is 5.69 Å². The van der Waals surface area contributed by atoms with Crippen LogP contribution in [0.3, 0.4) is 0 Å². The molecular formula is C12H18ClN3. The molecule has 4 N–H and O–H groups in total. The van der Waals surface area contributed by atoms with E-state index < -0.39 is 0 Å². The van der Waals surface area contributed by atoms with Gasteiger partial charge in [-0.2, -0.15) is 0 Å². The molecule has 0 atom stereocenters. The minimum absolute atomic E-state index is 0.390. The monoisotopic (exact) mass is 239 g/mol. The Labute approximate surface area is 101 Å². The Bertz CT molecular complexity index is 373. The van der Waals surface area contributed by atoms with Gasteiger partial charge in [-0.05, 0) is 18.9 Å². The van der Waals surface area contributed by atoms with Gasteiger partial charge in [0.2, 0.25) is 0 Å². The summed E-state index contributed by atoms with van der Waals surface area (Å²) in [7, 11) is 0. The second-order valence-electron chi connectivity index (χ2n) is 4.45. The standard InChI is InChI=1S/C12H18ClN3/c13-12-9(7-14)6-10(15)11(16-12)8-4-2-1-3-5-8/h6,8H,1-5,7,14-15H2. The van der Waals surface area contributed by atoms with E-state index in [4.69, 9.17) is 23.1 Å². The average Bonchev–Trinajstić information content (AvgIpc) is 2.32. The molecule has 4 heteroatoms. The van der Waals surface area contributed by atoms with Gasteiger partial charge in [-0.1, -0.05) is 30.9 Å². The van der Waals surface area contributed by atoms with Crippen molar-refractivity contribution in [2.24, 2.45) is 5.73 Å². The minimum atomic E-state index is 0.390. The number of hydrogen-bond acceptors (Lipinski definition) is 3. The van der Waals surface area contributed by atoms with Crippen LogP contribution >= 0.6 is 11.6 Å². The van der Waals surface area contributed by atoms with Crippen molar-refractivity contribution in [1.82, 2.24) is 4.98 Å². The second kappa shape index (κ2) is 5.02. The van der Waals surface area contributed by atoms with Crippen LogP contribution < -0.4 is 11.5 Å². The molecule has 3 nitrogen and oxygen atoms in total. The lowest BCUT2D eigenvalue weighted by Crippen LogP contribution is -2.11. The molecule has 0 bridgehead atoms. The maximum absolute atomic E-state index is 6.07. The highest BCUT2D eigenvalue weighted by molar-refractivity contribution is 6.30. The van der Waals surface area contributed by atoms with Crippen molar-refractivity contribution >= 4 is 17.3 Å². The van der Waals surface area contributed by atoms with Gasteiger partial charge in [0.25, 0.3) is 0 Å². The maximum Gasteiger partial charge on any atom is 0.133 e. The van der Waals surface area contributed by atoms with Crippen molar-refractivity contribution in [2.75, 3.05) is 5.73 Å². The van der Waals surface area contributed by atoms with Crippen LogP contribution in [-0.4, -0.2) is 4.98 Å². The first-order chi connectivity index (χ1) is 7.72. The van der Waals surface area contributed by atoms with Gasteiger partial charge in [-0.15, -0.1) is 0 Å². The first-order valence-corrected chi connectivity index (χ1v) is 6.25. The van der Waals surface area contributed by atoms with Gasteiger partial charge in [0.15, 0.2) is 0 Å². The molecule has 1 aromatic rings. The summed E-state index contributed by atoms with van der Waals surface area (Å²) in [6.45, 7) is 0.390. The molecule has 0 aromatic carbocycles. The van der Waals surface area contributed by atoms with E-state index in [1.54, 1.807) is 0 Å². The Balaban J connectivity index is 2.29. The molecule has 88 valence electrons. The highest BCUT2D eigenvalue weighted by Crippen LogP contribution is 2.35. The van der Waals surface area contributed by atoms with Crippen molar-refractivity contribution < 1.29 is 0 Å². The van der Waals surface area contributed by atoms with Gasteiger partial charge in [0.05, 0.1) is 11.4 Å². The quantitative estimate of drug-likeness (QED) is 0.780. The van der Waals surface area contributed by atoms with Gasteiger partial charge in [0, 0.05) is 18.0 Å². The first-order valence-electron chi connectivity index (χ1n) is 5.87. The van der Waals surface area contributed by atoms with Gasteiger partial charge < -0.3 is 11.5 Å². The van der Waals surface area contributed by atoms with E-state index in [1.807, 2.05) is 6.07 Å². The van der Waals surface area contributed by atoms with Crippen LogP contribution in [0.25, 0.3) is 0 Å². The fraction of sp³-hybridized carbons (Fsp3) is 0.583. The summed E-state index contributed by atoms with van der Waals surface area (Å²) in [6.07, 6.45) is 6.21. The minimum Gasteiger partial charge on any atom is -0.397 e. The third-order valence-corrected chi connectivity index (χ3v) is 3.65. The van der Waals surface area contributed by atoms with Crippen molar-refractivity contribution in [3.63, 3.8) is 0 Å². The summed E-state index contributed by atoms with van der Waals surface area (Å²) in [6, 6.07) is 1.87. The summed E-state index contributed by atoms with van der Waals surface area (Å²) < 4.78 is 0. The molecule has 1 saturated carbocycles. The van der Waals surface area contributed by atoms with Crippen molar-refractivity contribution in [3.05, 3.63) is 22.5 Å². The molecule has 1 aliphatic carbocycles. The Morgan fingerprint density at radius 2 is 2.00 bits per heavy atom. The van der Waals surface area contributed by atoms with Crippen LogP contribution in [0.1, 0.15) is 49.3 Å². The van der Waals surface area contributed by atoms with Crippen LogP contribution in [0.2, 0.25) is 5.15 Å².